The Bertz CT molecular complexity index is 903. The molecule has 1 aliphatic heterocycles. The van der Waals surface area contributed by atoms with Gasteiger partial charge in [0.1, 0.15) is 0 Å². The molecule has 1 N–H and O–H groups in total. The highest BCUT2D eigenvalue weighted by molar-refractivity contribution is 6.35. The van der Waals surface area contributed by atoms with Crippen molar-refractivity contribution in [2.75, 3.05) is 32.7 Å². The summed E-state index contributed by atoms with van der Waals surface area (Å²) in [6.07, 6.45) is 0. The lowest BCUT2D eigenvalue weighted by Gasteiger charge is -2.35. The van der Waals surface area contributed by atoms with E-state index in [1.165, 1.54) is 0 Å². The van der Waals surface area contributed by atoms with Gasteiger partial charge >= 0.3 is 0 Å². The third-order valence-electron chi connectivity index (χ3n) is 4.74. The van der Waals surface area contributed by atoms with E-state index < -0.39 is 0 Å². The van der Waals surface area contributed by atoms with Crippen molar-refractivity contribution in [1.82, 2.24) is 15.1 Å². The van der Waals surface area contributed by atoms with Crippen molar-refractivity contribution in [3.05, 3.63) is 69.2 Å². The molecule has 0 aliphatic carbocycles. The van der Waals surface area contributed by atoms with Gasteiger partial charge in [0.25, 0.3) is 11.8 Å². The second-order valence-electron chi connectivity index (χ2n) is 6.88. The molecule has 3 amide bonds. The molecule has 8 heteroatoms. The van der Waals surface area contributed by atoms with Crippen LogP contribution in [-0.4, -0.2) is 60.2 Å². The van der Waals surface area contributed by atoms with Crippen LogP contribution < -0.4 is 5.32 Å². The number of hydrogen-bond donors (Lipinski definition) is 1. The van der Waals surface area contributed by atoms with Gasteiger partial charge in [-0.2, -0.15) is 0 Å². The first-order chi connectivity index (χ1) is 13.8. The minimum atomic E-state index is -0.287. The Balaban J connectivity index is 1.49. The van der Waals surface area contributed by atoms with Crippen molar-refractivity contribution < 1.29 is 14.4 Å². The summed E-state index contributed by atoms with van der Waals surface area (Å²) >= 11 is 11.9. The summed E-state index contributed by atoms with van der Waals surface area (Å²) in [6.45, 7) is 3.47. The van der Waals surface area contributed by atoms with Crippen molar-refractivity contribution in [1.29, 1.82) is 0 Å². The second kappa shape index (κ2) is 9.29. The molecule has 0 spiro atoms. The van der Waals surface area contributed by atoms with Crippen molar-refractivity contribution >= 4 is 40.9 Å². The quantitative estimate of drug-likeness (QED) is 0.805. The van der Waals surface area contributed by atoms with E-state index >= 15 is 0 Å². The SMILES string of the molecule is Cc1ccc(C(=O)NCC(=O)N2CCN(C(=O)c3cc(Cl)cc(Cl)c3)CC2)cc1. The van der Waals surface area contributed by atoms with Crippen LogP contribution in [0.3, 0.4) is 0 Å². The number of rotatable bonds is 4. The molecule has 29 heavy (non-hydrogen) atoms. The van der Waals surface area contributed by atoms with Crippen LogP contribution in [-0.2, 0) is 4.79 Å². The van der Waals surface area contributed by atoms with Gasteiger partial charge in [-0.1, -0.05) is 40.9 Å². The molecule has 1 aliphatic rings. The number of amides is 3. The Morgan fingerprint density at radius 2 is 1.41 bits per heavy atom. The zero-order valence-electron chi connectivity index (χ0n) is 16.0. The standard InChI is InChI=1S/C21H21Cl2N3O3/c1-14-2-4-15(5-3-14)20(28)24-13-19(27)25-6-8-26(9-7-25)21(29)16-10-17(22)12-18(23)11-16/h2-5,10-12H,6-9,13H2,1H3,(H,24,28). The fourth-order valence-electron chi connectivity index (χ4n) is 3.09. The Morgan fingerprint density at radius 3 is 2.00 bits per heavy atom. The van der Waals surface area contributed by atoms with Gasteiger partial charge in [0.15, 0.2) is 0 Å². The first kappa shape index (κ1) is 21.1. The van der Waals surface area contributed by atoms with E-state index in [9.17, 15) is 14.4 Å². The number of piperazine rings is 1. The van der Waals surface area contributed by atoms with E-state index in [4.69, 9.17) is 23.2 Å². The summed E-state index contributed by atoms with van der Waals surface area (Å²) in [5.41, 5.74) is 2.00. The minimum absolute atomic E-state index is 0.0788. The topological polar surface area (TPSA) is 69.7 Å². The second-order valence-corrected chi connectivity index (χ2v) is 7.75. The number of nitrogens with zero attached hydrogens (tertiary/aromatic N) is 2. The Hall–Kier alpha value is -2.57. The van der Waals surface area contributed by atoms with E-state index in [0.717, 1.165) is 5.56 Å². The molecule has 3 rings (SSSR count). The molecular formula is C21H21Cl2N3O3. The Kier molecular flexibility index (Phi) is 6.77. The lowest BCUT2D eigenvalue weighted by Crippen LogP contribution is -2.52. The molecule has 2 aromatic rings. The van der Waals surface area contributed by atoms with Gasteiger partial charge in [-0.3, -0.25) is 14.4 Å². The molecule has 0 saturated carbocycles. The monoisotopic (exact) mass is 433 g/mol. The molecule has 2 aromatic carbocycles. The highest BCUT2D eigenvalue weighted by atomic mass is 35.5. The number of carbonyl (C=O) groups is 3. The lowest BCUT2D eigenvalue weighted by atomic mass is 10.1. The number of aryl methyl sites for hydroxylation is 1. The van der Waals surface area contributed by atoms with Crippen LogP contribution in [0.2, 0.25) is 10.0 Å². The van der Waals surface area contributed by atoms with Crippen LogP contribution in [0, 0.1) is 6.92 Å². The van der Waals surface area contributed by atoms with Crippen molar-refractivity contribution in [2.24, 2.45) is 0 Å². The molecular weight excluding hydrogens is 413 g/mol. The van der Waals surface area contributed by atoms with Crippen LogP contribution in [0.15, 0.2) is 42.5 Å². The smallest absolute Gasteiger partial charge is 0.254 e. The van der Waals surface area contributed by atoms with Crippen LogP contribution >= 0.6 is 23.2 Å². The maximum Gasteiger partial charge on any atom is 0.254 e. The van der Waals surface area contributed by atoms with E-state index in [-0.39, 0.29) is 24.3 Å². The van der Waals surface area contributed by atoms with E-state index in [2.05, 4.69) is 5.32 Å². The van der Waals surface area contributed by atoms with Crippen molar-refractivity contribution in [2.45, 2.75) is 6.92 Å². The van der Waals surface area contributed by atoms with Crippen LogP contribution in [0.1, 0.15) is 26.3 Å². The average molecular weight is 434 g/mol. The summed E-state index contributed by atoms with van der Waals surface area (Å²) in [7, 11) is 0. The molecule has 0 atom stereocenters. The predicted octanol–water partition coefficient (Wildman–Crippen LogP) is 3.02. The number of hydrogen-bond acceptors (Lipinski definition) is 3. The van der Waals surface area contributed by atoms with Gasteiger partial charge in [-0.05, 0) is 37.3 Å². The Morgan fingerprint density at radius 1 is 0.862 bits per heavy atom. The molecule has 0 unspecified atom stereocenters. The number of benzene rings is 2. The fraction of sp³-hybridized carbons (Fsp3) is 0.286. The summed E-state index contributed by atoms with van der Waals surface area (Å²) in [5, 5.41) is 3.45. The van der Waals surface area contributed by atoms with E-state index in [0.29, 0.717) is 47.4 Å². The first-order valence-corrected chi connectivity index (χ1v) is 9.97. The fourth-order valence-corrected chi connectivity index (χ4v) is 3.62. The zero-order valence-corrected chi connectivity index (χ0v) is 17.5. The van der Waals surface area contributed by atoms with Crippen LogP contribution in [0.25, 0.3) is 0 Å². The van der Waals surface area contributed by atoms with Gasteiger partial charge in [0, 0.05) is 47.4 Å². The van der Waals surface area contributed by atoms with Gasteiger partial charge < -0.3 is 15.1 Å². The van der Waals surface area contributed by atoms with Crippen LogP contribution in [0.4, 0.5) is 0 Å². The summed E-state index contributed by atoms with van der Waals surface area (Å²) in [6, 6.07) is 11.9. The van der Waals surface area contributed by atoms with Gasteiger partial charge in [-0.15, -0.1) is 0 Å². The molecule has 6 nitrogen and oxygen atoms in total. The minimum Gasteiger partial charge on any atom is -0.343 e. The molecule has 1 fully saturated rings. The van der Waals surface area contributed by atoms with E-state index in [1.54, 1.807) is 40.1 Å². The predicted molar refractivity (Wildman–Crippen MR) is 112 cm³/mol. The summed E-state index contributed by atoms with van der Waals surface area (Å²) in [5.74, 6) is -0.637. The number of nitrogens with one attached hydrogen (secondary N) is 1. The van der Waals surface area contributed by atoms with Gasteiger partial charge in [-0.25, -0.2) is 0 Å². The highest BCUT2D eigenvalue weighted by Gasteiger charge is 2.25. The maximum absolute atomic E-state index is 12.6. The van der Waals surface area contributed by atoms with Crippen molar-refractivity contribution in [3.63, 3.8) is 0 Å². The maximum atomic E-state index is 12.6. The van der Waals surface area contributed by atoms with Gasteiger partial charge in [0.2, 0.25) is 5.91 Å². The third-order valence-corrected chi connectivity index (χ3v) is 5.18. The lowest BCUT2D eigenvalue weighted by molar-refractivity contribution is -0.131. The van der Waals surface area contributed by atoms with Crippen molar-refractivity contribution in [3.8, 4) is 0 Å². The largest absolute Gasteiger partial charge is 0.343 e. The van der Waals surface area contributed by atoms with E-state index in [1.807, 2.05) is 19.1 Å². The molecule has 1 saturated heterocycles. The van der Waals surface area contributed by atoms with Crippen LogP contribution in [0.5, 0.6) is 0 Å². The highest BCUT2D eigenvalue weighted by Crippen LogP contribution is 2.20. The Labute approximate surface area is 179 Å². The number of carbonyl (C=O) groups excluding carboxylic acids is 3. The summed E-state index contributed by atoms with van der Waals surface area (Å²) < 4.78 is 0. The van der Waals surface area contributed by atoms with Gasteiger partial charge in [0.05, 0.1) is 6.54 Å². The third kappa shape index (κ3) is 5.49. The average Bonchev–Trinajstić information content (AvgIpc) is 2.71. The normalized spacial score (nSPS) is 13.9. The molecule has 152 valence electrons. The number of halogens is 2. The first-order valence-electron chi connectivity index (χ1n) is 9.21. The summed E-state index contributed by atoms with van der Waals surface area (Å²) in [4.78, 5) is 40.5. The molecule has 0 aromatic heterocycles. The molecule has 1 heterocycles. The molecule has 0 bridgehead atoms. The zero-order chi connectivity index (χ0) is 21.0. The molecule has 0 radical (unpaired) electrons.